The van der Waals surface area contributed by atoms with Crippen LogP contribution >= 0.6 is 0 Å². The SMILES string of the molecule is CCCCCCN(C(=O)C(C)NC(=O)OC(C)(C)C)C(C(=O)NCc1ccccc1)c1ccc(O)c(C)c1. The molecule has 2 aromatic rings. The van der Waals surface area contributed by atoms with E-state index < -0.39 is 29.7 Å². The maximum atomic E-state index is 13.8. The molecule has 0 aromatic heterocycles. The summed E-state index contributed by atoms with van der Waals surface area (Å²) < 4.78 is 5.33. The number of benzene rings is 2. The van der Waals surface area contributed by atoms with Gasteiger partial charge in [-0.05, 0) is 69.9 Å². The van der Waals surface area contributed by atoms with Gasteiger partial charge in [0.15, 0.2) is 0 Å². The standard InChI is InChI=1S/C30H43N3O5/c1-7-8-9-13-18-33(28(36)22(3)32-29(37)38-30(4,5)6)26(24-16-17-25(34)21(2)19-24)27(35)31-20-23-14-11-10-12-15-23/h10-12,14-17,19,22,26,34H,7-9,13,18,20H2,1-6H3,(H,31,35)(H,32,37). The molecule has 2 aromatic carbocycles. The number of rotatable bonds is 12. The highest BCUT2D eigenvalue weighted by atomic mass is 16.6. The van der Waals surface area contributed by atoms with Crippen LogP contribution in [0.2, 0.25) is 0 Å². The molecule has 0 aliphatic heterocycles. The highest BCUT2D eigenvalue weighted by Gasteiger charge is 2.34. The lowest BCUT2D eigenvalue weighted by molar-refractivity contribution is -0.142. The van der Waals surface area contributed by atoms with E-state index >= 15 is 0 Å². The largest absolute Gasteiger partial charge is 0.508 e. The van der Waals surface area contributed by atoms with Crippen LogP contribution in [0, 0.1) is 6.92 Å². The van der Waals surface area contributed by atoms with Crippen molar-refractivity contribution in [3.05, 3.63) is 65.2 Å². The molecule has 208 valence electrons. The lowest BCUT2D eigenvalue weighted by atomic mass is 9.99. The average molecular weight is 526 g/mol. The Bertz CT molecular complexity index is 1070. The van der Waals surface area contributed by atoms with Crippen molar-refractivity contribution in [2.75, 3.05) is 6.54 Å². The first-order valence-electron chi connectivity index (χ1n) is 13.3. The molecule has 8 heteroatoms. The number of ether oxygens (including phenoxy) is 1. The van der Waals surface area contributed by atoms with E-state index in [0.29, 0.717) is 30.6 Å². The Morgan fingerprint density at radius 1 is 1.03 bits per heavy atom. The number of hydrogen-bond donors (Lipinski definition) is 3. The minimum absolute atomic E-state index is 0.109. The minimum Gasteiger partial charge on any atom is -0.508 e. The minimum atomic E-state index is -0.949. The number of alkyl carbamates (subject to hydrolysis) is 1. The van der Waals surface area contributed by atoms with Crippen molar-refractivity contribution in [3.63, 3.8) is 0 Å². The molecule has 0 heterocycles. The summed E-state index contributed by atoms with van der Waals surface area (Å²) in [4.78, 5) is 41.4. The van der Waals surface area contributed by atoms with Gasteiger partial charge in [0, 0.05) is 13.1 Å². The summed E-state index contributed by atoms with van der Waals surface area (Å²) >= 11 is 0. The molecule has 0 spiro atoms. The monoisotopic (exact) mass is 525 g/mol. The molecule has 0 aliphatic rings. The molecule has 0 aliphatic carbocycles. The first-order chi connectivity index (χ1) is 17.9. The van der Waals surface area contributed by atoms with Gasteiger partial charge in [0.05, 0.1) is 0 Å². The van der Waals surface area contributed by atoms with Crippen LogP contribution in [0.15, 0.2) is 48.5 Å². The predicted molar refractivity (Wildman–Crippen MR) is 149 cm³/mol. The molecule has 3 N–H and O–H groups in total. The fourth-order valence-corrected chi connectivity index (χ4v) is 4.07. The number of amides is 3. The van der Waals surface area contributed by atoms with Gasteiger partial charge in [0.25, 0.3) is 0 Å². The summed E-state index contributed by atoms with van der Waals surface area (Å²) in [5.41, 5.74) is 1.40. The Morgan fingerprint density at radius 2 is 1.71 bits per heavy atom. The fourth-order valence-electron chi connectivity index (χ4n) is 4.07. The van der Waals surface area contributed by atoms with Crippen LogP contribution in [0.25, 0.3) is 0 Å². The molecule has 0 radical (unpaired) electrons. The molecule has 0 fully saturated rings. The number of phenols is 1. The van der Waals surface area contributed by atoms with Crippen molar-refractivity contribution in [3.8, 4) is 5.75 Å². The number of aromatic hydroxyl groups is 1. The number of nitrogens with zero attached hydrogens (tertiary/aromatic N) is 1. The summed E-state index contributed by atoms with van der Waals surface area (Å²) in [6.07, 6.45) is 2.95. The van der Waals surface area contributed by atoms with E-state index in [1.54, 1.807) is 46.8 Å². The third kappa shape index (κ3) is 9.72. The third-order valence-electron chi connectivity index (χ3n) is 6.05. The second-order valence-electron chi connectivity index (χ2n) is 10.6. The van der Waals surface area contributed by atoms with Crippen LogP contribution in [0.5, 0.6) is 5.75 Å². The Labute approximate surface area is 226 Å². The van der Waals surface area contributed by atoms with Gasteiger partial charge in [0.2, 0.25) is 11.8 Å². The second kappa shape index (κ2) is 14.4. The van der Waals surface area contributed by atoms with Crippen molar-refractivity contribution in [2.45, 2.75) is 91.5 Å². The van der Waals surface area contributed by atoms with Gasteiger partial charge in [-0.25, -0.2) is 4.79 Å². The zero-order chi connectivity index (χ0) is 28.3. The highest BCUT2D eigenvalue weighted by Crippen LogP contribution is 2.27. The number of hydrogen-bond acceptors (Lipinski definition) is 5. The predicted octanol–water partition coefficient (Wildman–Crippen LogP) is 5.38. The van der Waals surface area contributed by atoms with Crippen LogP contribution in [0.4, 0.5) is 4.79 Å². The Hall–Kier alpha value is -3.55. The molecule has 0 bridgehead atoms. The van der Waals surface area contributed by atoms with Crippen LogP contribution in [-0.4, -0.2) is 46.1 Å². The summed E-state index contributed by atoms with van der Waals surface area (Å²) in [6.45, 7) is 11.3. The van der Waals surface area contributed by atoms with E-state index in [1.807, 2.05) is 30.3 Å². The molecule has 3 amide bonds. The summed E-state index contributed by atoms with van der Waals surface area (Å²) in [5, 5.41) is 15.7. The van der Waals surface area contributed by atoms with E-state index in [1.165, 1.54) is 11.0 Å². The normalized spacial score (nSPS) is 12.8. The summed E-state index contributed by atoms with van der Waals surface area (Å²) in [7, 11) is 0. The Morgan fingerprint density at radius 3 is 2.32 bits per heavy atom. The molecule has 2 rings (SSSR count). The third-order valence-corrected chi connectivity index (χ3v) is 6.05. The van der Waals surface area contributed by atoms with Crippen molar-refractivity contribution >= 4 is 17.9 Å². The number of carbonyl (C=O) groups is 3. The number of aryl methyl sites for hydroxylation is 1. The van der Waals surface area contributed by atoms with Gasteiger partial charge in [-0.2, -0.15) is 0 Å². The maximum absolute atomic E-state index is 13.8. The van der Waals surface area contributed by atoms with Gasteiger partial charge in [-0.1, -0.05) is 62.6 Å². The first-order valence-corrected chi connectivity index (χ1v) is 13.3. The summed E-state index contributed by atoms with van der Waals surface area (Å²) in [6, 6.07) is 12.6. The van der Waals surface area contributed by atoms with E-state index in [9.17, 15) is 19.5 Å². The number of unbranched alkanes of at least 4 members (excludes halogenated alkanes) is 3. The van der Waals surface area contributed by atoms with Crippen LogP contribution in [0.3, 0.4) is 0 Å². The molecular weight excluding hydrogens is 482 g/mol. The molecule has 38 heavy (non-hydrogen) atoms. The zero-order valence-electron chi connectivity index (χ0n) is 23.5. The molecule has 2 unspecified atom stereocenters. The van der Waals surface area contributed by atoms with E-state index in [4.69, 9.17) is 4.74 Å². The van der Waals surface area contributed by atoms with Crippen LogP contribution < -0.4 is 10.6 Å². The molecule has 8 nitrogen and oxygen atoms in total. The van der Waals surface area contributed by atoms with Crippen molar-refractivity contribution in [2.24, 2.45) is 0 Å². The Kier molecular flexibility index (Phi) is 11.6. The van der Waals surface area contributed by atoms with E-state index in [2.05, 4.69) is 17.6 Å². The van der Waals surface area contributed by atoms with E-state index in [0.717, 1.165) is 24.8 Å². The molecule has 2 atom stereocenters. The number of nitrogens with one attached hydrogen (secondary N) is 2. The highest BCUT2D eigenvalue weighted by molar-refractivity contribution is 5.92. The number of carbonyl (C=O) groups excluding carboxylic acids is 3. The van der Waals surface area contributed by atoms with Crippen molar-refractivity contribution < 1.29 is 24.2 Å². The zero-order valence-corrected chi connectivity index (χ0v) is 23.5. The summed E-state index contributed by atoms with van der Waals surface area (Å²) in [5.74, 6) is -0.622. The smallest absolute Gasteiger partial charge is 0.408 e. The lowest BCUT2D eigenvalue weighted by Crippen LogP contribution is -2.52. The lowest BCUT2D eigenvalue weighted by Gasteiger charge is -2.34. The van der Waals surface area contributed by atoms with Crippen LogP contribution in [0.1, 0.15) is 83.0 Å². The van der Waals surface area contributed by atoms with Gasteiger partial charge >= 0.3 is 6.09 Å². The van der Waals surface area contributed by atoms with Gasteiger partial charge in [-0.15, -0.1) is 0 Å². The Balaban J connectivity index is 2.39. The fraction of sp³-hybridized carbons (Fsp3) is 0.500. The molecule has 0 saturated carbocycles. The van der Waals surface area contributed by atoms with Crippen molar-refractivity contribution in [1.29, 1.82) is 0 Å². The van der Waals surface area contributed by atoms with E-state index in [-0.39, 0.29) is 11.7 Å². The van der Waals surface area contributed by atoms with Gasteiger partial charge in [0.1, 0.15) is 23.4 Å². The van der Waals surface area contributed by atoms with Crippen molar-refractivity contribution in [1.82, 2.24) is 15.5 Å². The second-order valence-corrected chi connectivity index (χ2v) is 10.6. The number of phenolic OH excluding ortho intramolecular Hbond substituents is 1. The average Bonchev–Trinajstić information content (AvgIpc) is 2.85. The topological polar surface area (TPSA) is 108 Å². The molecule has 0 saturated heterocycles. The van der Waals surface area contributed by atoms with Gasteiger partial charge < -0.3 is 25.4 Å². The first kappa shape index (κ1) is 30.7. The van der Waals surface area contributed by atoms with Gasteiger partial charge in [-0.3, -0.25) is 9.59 Å². The molecular formula is C30H43N3O5. The van der Waals surface area contributed by atoms with Crippen LogP contribution in [-0.2, 0) is 20.9 Å². The quantitative estimate of drug-likeness (QED) is 0.323. The maximum Gasteiger partial charge on any atom is 0.408 e.